The second kappa shape index (κ2) is 7.30. The number of anilines is 1. The SMILES string of the molecule is CCCC(=O)c1cc2c(cc1NC=C1C(=O)OC(C)(C)OC1=O)OCCO2. The zero-order valence-electron chi connectivity index (χ0n) is 15.4. The van der Waals surface area contributed by atoms with Crippen LogP contribution in [0.3, 0.4) is 0 Å². The lowest BCUT2D eigenvalue weighted by molar-refractivity contribution is -0.222. The van der Waals surface area contributed by atoms with E-state index in [1.165, 1.54) is 20.0 Å². The van der Waals surface area contributed by atoms with Gasteiger partial charge in [-0.15, -0.1) is 0 Å². The van der Waals surface area contributed by atoms with Crippen LogP contribution >= 0.6 is 0 Å². The predicted octanol–water partition coefficient (Wildman–Crippen LogP) is 2.57. The van der Waals surface area contributed by atoms with Crippen LogP contribution in [0.25, 0.3) is 0 Å². The Morgan fingerprint density at radius 1 is 1.11 bits per heavy atom. The van der Waals surface area contributed by atoms with Crippen molar-refractivity contribution in [2.24, 2.45) is 0 Å². The number of carbonyl (C=O) groups is 3. The predicted molar refractivity (Wildman–Crippen MR) is 94.6 cm³/mol. The van der Waals surface area contributed by atoms with Gasteiger partial charge in [-0.25, -0.2) is 9.59 Å². The summed E-state index contributed by atoms with van der Waals surface area (Å²) in [4.78, 5) is 36.6. The molecule has 8 nitrogen and oxygen atoms in total. The lowest BCUT2D eigenvalue weighted by Gasteiger charge is -2.29. The van der Waals surface area contributed by atoms with E-state index in [1.54, 1.807) is 12.1 Å². The van der Waals surface area contributed by atoms with Crippen molar-refractivity contribution >= 4 is 23.4 Å². The van der Waals surface area contributed by atoms with Crippen molar-refractivity contribution in [2.75, 3.05) is 18.5 Å². The molecule has 0 aromatic heterocycles. The smallest absolute Gasteiger partial charge is 0.350 e. The van der Waals surface area contributed by atoms with E-state index in [0.717, 1.165) is 0 Å². The van der Waals surface area contributed by atoms with Crippen molar-refractivity contribution in [2.45, 2.75) is 39.4 Å². The standard InChI is InChI=1S/C19H21NO7/c1-4-5-14(21)11-8-15-16(25-7-6-24-15)9-13(11)20-10-12-17(22)26-19(2,3)27-18(12)23/h8-10,20H,4-7H2,1-3H3. The summed E-state index contributed by atoms with van der Waals surface area (Å²) >= 11 is 0. The van der Waals surface area contributed by atoms with Crippen molar-refractivity contribution in [3.05, 3.63) is 29.5 Å². The van der Waals surface area contributed by atoms with Crippen molar-refractivity contribution in [3.63, 3.8) is 0 Å². The number of fused-ring (bicyclic) bond motifs is 1. The highest BCUT2D eigenvalue weighted by Crippen LogP contribution is 2.36. The first kappa shape index (κ1) is 18.8. The number of rotatable bonds is 5. The van der Waals surface area contributed by atoms with Gasteiger partial charge in [-0.2, -0.15) is 0 Å². The lowest BCUT2D eigenvalue weighted by atomic mass is 10.0. The lowest BCUT2D eigenvalue weighted by Crippen LogP contribution is -2.42. The van der Waals surface area contributed by atoms with Crippen LogP contribution in [0.1, 0.15) is 44.0 Å². The van der Waals surface area contributed by atoms with E-state index in [4.69, 9.17) is 18.9 Å². The van der Waals surface area contributed by atoms with Crippen molar-refractivity contribution < 1.29 is 33.3 Å². The third kappa shape index (κ3) is 4.05. The van der Waals surface area contributed by atoms with Crippen LogP contribution in [0.4, 0.5) is 5.69 Å². The molecule has 2 aliphatic rings. The topological polar surface area (TPSA) is 100 Å². The van der Waals surface area contributed by atoms with E-state index in [0.29, 0.717) is 48.8 Å². The second-order valence-electron chi connectivity index (χ2n) is 6.60. The first-order valence-corrected chi connectivity index (χ1v) is 8.71. The van der Waals surface area contributed by atoms with Gasteiger partial charge in [0, 0.05) is 38.1 Å². The number of carbonyl (C=O) groups excluding carboxylic acids is 3. The van der Waals surface area contributed by atoms with E-state index in [-0.39, 0.29) is 11.4 Å². The maximum absolute atomic E-state index is 12.5. The molecule has 0 radical (unpaired) electrons. The van der Waals surface area contributed by atoms with Gasteiger partial charge in [-0.05, 0) is 12.5 Å². The Morgan fingerprint density at radius 2 is 1.70 bits per heavy atom. The van der Waals surface area contributed by atoms with Crippen LogP contribution in [0.5, 0.6) is 11.5 Å². The minimum Gasteiger partial charge on any atom is -0.486 e. The van der Waals surface area contributed by atoms with E-state index in [1.807, 2.05) is 6.92 Å². The summed E-state index contributed by atoms with van der Waals surface area (Å²) in [6, 6.07) is 3.21. The van der Waals surface area contributed by atoms with E-state index in [9.17, 15) is 14.4 Å². The molecule has 1 fully saturated rings. The van der Waals surface area contributed by atoms with Gasteiger partial charge in [-0.3, -0.25) is 4.79 Å². The number of benzene rings is 1. The molecule has 0 bridgehead atoms. The number of cyclic esters (lactones) is 2. The molecule has 0 atom stereocenters. The van der Waals surface area contributed by atoms with Crippen molar-refractivity contribution in [1.82, 2.24) is 0 Å². The molecular formula is C19H21NO7. The van der Waals surface area contributed by atoms with Crippen LogP contribution < -0.4 is 14.8 Å². The minimum absolute atomic E-state index is 0.0923. The Morgan fingerprint density at radius 3 is 2.30 bits per heavy atom. The highest BCUT2D eigenvalue weighted by molar-refractivity contribution is 6.15. The molecule has 2 aliphatic heterocycles. The summed E-state index contributed by atoms with van der Waals surface area (Å²) in [5.41, 5.74) is 0.490. The van der Waals surface area contributed by atoms with Gasteiger partial charge in [-0.1, -0.05) is 6.92 Å². The summed E-state index contributed by atoms with van der Waals surface area (Å²) < 4.78 is 21.2. The highest BCUT2D eigenvalue weighted by atomic mass is 16.7. The number of ketones is 1. The number of esters is 2. The molecule has 2 heterocycles. The fourth-order valence-corrected chi connectivity index (χ4v) is 2.73. The Kier molecular flexibility index (Phi) is 5.07. The van der Waals surface area contributed by atoms with Gasteiger partial charge in [0.25, 0.3) is 5.79 Å². The molecule has 3 rings (SSSR count). The molecule has 0 aliphatic carbocycles. The van der Waals surface area contributed by atoms with Crippen LogP contribution in [0, 0.1) is 0 Å². The van der Waals surface area contributed by atoms with Gasteiger partial charge < -0.3 is 24.3 Å². The third-order valence-electron chi connectivity index (χ3n) is 3.95. The Hall–Kier alpha value is -3.03. The average Bonchev–Trinajstić information content (AvgIpc) is 2.59. The van der Waals surface area contributed by atoms with E-state index in [2.05, 4.69) is 5.32 Å². The first-order valence-electron chi connectivity index (χ1n) is 8.71. The molecule has 27 heavy (non-hydrogen) atoms. The maximum Gasteiger partial charge on any atom is 0.350 e. The number of Topliss-reactive ketones (excluding diaryl/α,β-unsaturated/α-hetero) is 1. The quantitative estimate of drug-likeness (QED) is 0.363. The summed E-state index contributed by atoms with van der Waals surface area (Å²) in [6.07, 6.45) is 2.21. The first-order chi connectivity index (χ1) is 12.8. The number of ether oxygens (including phenoxy) is 4. The fourth-order valence-electron chi connectivity index (χ4n) is 2.73. The van der Waals surface area contributed by atoms with Gasteiger partial charge in [0.2, 0.25) is 0 Å². The molecule has 1 N–H and O–H groups in total. The van der Waals surface area contributed by atoms with Gasteiger partial charge in [0.15, 0.2) is 22.9 Å². The summed E-state index contributed by atoms with van der Waals surface area (Å²) in [7, 11) is 0. The van der Waals surface area contributed by atoms with Gasteiger partial charge in [0.05, 0.1) is 5.69 Å². The fraction of sp³-hybridized carbons (Fsp3) is 0.421. The zero-order chi connectivity index (χ0) is 19.6. The van der Waals surface area contributed by atoms with Crippen LogP contribution in [-0.4, -0.2) is 36.7 Å². The Bertz CT molecular complexity index is 804. The molecule has 1 aromatic carbocycles. The zero-order valence-corrected chi connectivity index (χ0v) is 15.4. The van der Waals surface area contributed by atoms with Gasteiger partial charge >= 0.3 is 11.9 Å². The van der Waals surface area contributed by atoms with Crippen LogP contribution in [0.15, 0.2) is 23.9 Å². The number of hydrogen-bond acceptors (Lipinski definition) is 8. The molecular weight excluding hydrogens is 354 g/mol. The molecule has 0 saturated carbocycles. The monoisotopic (exact) mass is 375 g/mol. The maximum atomic E-state index is 12.5. The molecule has 0 unspecified atom stereocenters. The van der Waals surface area contributed by atoms with Crippen molar-refractivity contribution in [3.8, 4) is 11.5 Å². The molecule has 1 saturated heterocycles. The molecule has 0 spiro atoms. The summed E-state index contributed by atoms with van der Waals surface area (Å²) in [5, 5.41) is 2.84. The van der Waals surface area contributed by atoms with E-state index < -0.39 is 17.7 Å². The average molecular weight is 375 g/mol. The summed E-state index contributed by atoms with van der Waals surface area (Å²) in [5.74, 6) is -2.05. The Labute approximate surface area is 156 Å². The minimum atomic E-state index is -1.31. The van der Waals surface area contributed by atoms with E-state index >= 15 is 0 Å². The number of hydrogen-bond donors (Lipinski definition) is 1. The molecule has 8 heteroatoms. The largest absolute Gasteiger partial charge is 0.486 e. The normalized spacial score (nSPS) is 17.7. The molecule has 144 valence electrons. The number of nitrogens with one attached hydrogen (secondary N) is 1. The molecule has 1 aromatic rings. The highest BCUT2D eigenvalue weighted by Gasteiger charge is 2.39. The van der Waals surface area contributed by atoms with Crippen LogP contribution in [-0.2, 0) is 19.1 Å². The summed E-state index contributed by atoms with van der Waals surface area (Å²) in [6.45, 7) is 5.63. The van der Waals surface area contributed by atoms with Crippen molar-refractivity contribution in [1.29, 1.82) is 0 Å². The Balaban J connectivity index is 1.92. The second-order valence-corrected chi connectivity index (χ2v) is 6.60. The molecule has 0 amide bonds. The third-order valence-corrected chi connectivity index (χ3v) is 3.95. The van der Waals surface area contributed by atoms with Crippen LogP contribution in [0.2, 0.25) is 0 Å². The van der Waals surface area contributed by atoms with Gasteiger partial charge in [0.1, 0.15) is 13.2 Å².